The van der Waals surface area contributed by atoms with Crippen molar-refractivity contribution in [3.8, 4) is 0 Å². The number of anilines is 2. The number of rotatable bonds is 7. The van der Waals surface area contributed by atoms with Crippen LogP contribution in [0.15, 0.2) is 6.07 Å². The van der Waals surface area contributed by atoms with Gasteiger partial charge in [-0.1, -0.05) is 6.42 Å². The normalized spacial score (nSPS) is 23.9. The van der Waals surface area contributed by atoms with Crippen LogP contribution in [0.4, 0.5) is 11.8 Å². The van der Waals surface area contributed by atoms with Crippen LogP contribution < -0.4 is 16.8 Å². The Morgan fingerprint density at radius 3 is 2.54 bits per heavy atom. The van der Waals surface area contributed by atoms with E-state index in [1.54, 1.807) is 0 Å². The molecular weight excluding hydrogens is 349 g/mol. The van der Waals surface area contributed by atoms with Crippen molar-refractivity contribution in [3.05, 3.63) is 11.8 Å². The fourth-order valence-corrected chi connectivity index (χ4v) is 3.33. The lowest BCUT2D eigenvalue weighted by molar-refractivity contribution is 0.00798. The molecule has 0 radical (unpaired) electrons. The van der Waals surface area contributed by atoms with E-state index in [-0.39, 0.29) is 30.2 Å². The van der Waals surface area contributed by atoms with E-state index >= 15 is 0 Å². The molecule has 2 aliphatic rings. The average molecular weight is 378 g/mol. The second kappa shape index (κ2) is 9.04. The van der Waals surface area contributed by atoms with Gasteiger partial charge in [0.1, 0.15) is 5.82 Å². The number of nitrogens with one attached hydrogen (secondary N) is 1. The molecule has 0 spiro atoms. The second-order valence-corrected chi connectivity index (χ2v) is 6.81. The Morgan fingerprint density at radius 1 is 1.29 bits per heavy atom. The molecule has 138 valence electrons. The van der Waals surface area contributed by atoms with Gasteiger partial charge in [0.05, 0.1) is 12.3 Å². The van der Waals surface area contributed by atoms with Gasteiger partial charge in [-0.15, -0.1) is 24.8 Å². The summed E-state index contributed by atoms with van der Waals surface area (Å²) in [6.45, 7) is 4.52. The van der Waals surface area contributed by atoms with Crippen LogP contribution in [0.25, 0.3) is 0 Å². The molecule has 0 aromatic carbocycles. The first kappa shape index (κ1) is 21.2. The van der Waals surface area contributed by atoms with Crippen molar-refractivity contribution < 1.29 is 4.74 Å². The Morgan fingerprint density at radius 2 is 2.00 bits per heavy atom. The maximum atomic E-state index is 5.87. The minimum atomic E-state index is 0. The van der Waals surface area contributed by atoms with Gasteiger partial charge in [0.2, 0.25) is 5.95 Å². The molecule has 8 heteroatoms. The highest BCUT2D eigenvalue weighted by Crippen LogP contribution is 2.41. The second-order valence-electron chi connectivity index (χ2n) is 6.81. The van der Waals surface area contributed by atoms with Gasteiger partial charge in [-0.25, -0.2) is 4.98 Å². The Bertz CT molecular complexity index is 521. The van der Waals surface area contributed by atoms with Gasteiger partial charge < -0.3 is 21.5 Å². The third-order valence-corrected chi connectivity index (χ3v) is 5.03. The van der Waals surface area contributed by atoms with Gasteiger partial charge in [-0.2, -0.15) is 4.98 Å². The van der Waals surface area contributed by atoms with Gasteiger partial charge in [0, 0.05) is 36.6 Å². The van der Waals surface area contributed by atoms with Gasteiger partial charge in [-0.3, -0.25) is 0 Å². The number of ether oxygens (including phenoxy) is 1. The van der Waals surface area contributed by atoms with Crippen molar-refractivity contribution in [2.24, 2.45) is 11.1 Å². The third-order valence-electron chi connectivity index (χ3n) is 5.03. The molecule has 0 unspecified atom stereocenters. The summed E-state index contributed by atoms with van der Waals surface area (Å²) in [5.74, 6) is 1.60. The molecule has 0 aliphatic heterocycles. The Labute approximate surface area is 156 Å². The Hall–Kier alpha value is -0.820. The molecule has 2 aliphatic carbocycles. The van der Waals surface area contributed by atoms with Crippen molar-refractivity contribution in [2.75, 3.05) is 30.8 Å². The van der Waals surface area contributed by atoms with E-state index in [2.05, 4.69) is 15.3 Å². The van der Waals surface area contributed by atoms with Crippen LogP contribution >= 0.6 is 24.8 Å². The SMILES string of the molecule is CCOCC1(CNc2cc(C3CC(N)C3)nc(N)n2)CCC1.Cl.Cl. The fraction of sp³-hybridized carbons (Fsp3) is 0.750. The summed E-state index contributed by atoms with van der Waals surface area (Å²) in [5, 5.41) is 3.45. The summed E-state index contributed by atoms with van der Waals surface area (Å²) in [5.41, 5.74) is 13.0. The smallest absolute Gasteiger partial charge is 0.222 e. The van der Waals surface area contributed by atoms with E-state index in [9.17, 15) is 0 Å². The van der Waals surface area contributed by atoms with E-state index in [0.29, 0.717) is 17.9 Å². The molecule has 0 saturated heterocycles. The van der Waals surface area contributed by atoms with Crippen LogP contribution in [0.1, 0.15) is 50.6 Å². The van der Waals surface area contributed by atoms with Crippen molar-refractivity contribution in [1.82, 2.24) is 9.97 Å². The highest BCUT2D eigenvalue weighted by molar-refractivity contribution is 5.85. The molecule has 5 N–H and O–H groups in total. The third kappa shape index (κ3) is 4.85. The summed E-state index contributed by atoms with van der Waals surface area (Å²) in [4.78, 5) is 8.68. The van der Waals surface area contributed by atoms with Crippen LogP contribution in [0.5, 0.6) is 0 Å². The van der Waals surface area contributed by atoms with Crippen molar-refractivity contribution >= 4 is 36.6 Å². The Balaban J connectivity index is 0.00000144. The molecule has 0 bridgehead atoms. The zero-order chi connectivity index (χ0) is 15.6. The monoisotopic (exact) mass is 377 g/mol. The average Bonchev–Trinajstić information content (AvgIpc) is 2.42. The predicted molar refractivity (Wildman–Crippen MR) is 102 cm³/mol. The summed E-state index contributed by atoms with van der Waals surface area (Å²) < 4.78 is 5.64. The molecule has 24 heavy (non-hydrogen) atoms. The van der Waals surface area contributed by atoms with E-state index in [1.165, 1.54) is 19.3 Å². The lowest BCUT2D eigenvalue weighted by Gasteiger charge is -2.41. The van der Waals surface area contributed by atoms with Gasteiger partial charge >= 0.3 is 0 Å². The molecule has 1 aromatic rings. The van der Waals surface area contributed by atoms with Crippen LogP contribution in [-0.2, 0) is 4.74 Å². The summed E-state index contributed by atoms with van der Waals surface area (Å²) in [7, 11) is 0. The highest BCUT2D eigenvalue weighted by atomic mass is 35.5. The first-order chi connectivity index (χ1) is 10.6. The summed E-state index contributed by atoms with van der Waals surface area (Å²) in [6, 6.07) is 2.34. The minimum Gasteiger partial charge on any atom is -0.381 e. The number of halogens is 2. The molecule has 6 nitrogen and oxygen atoms in total. The first-order valence-corrected chi connectivity index (χ1v) is 8.32. The number of hydrogen-bond acceptors (Lipinski definition) is 6. The Kier molecular flexibility index (Phi) is 7.99. The van der Waals surface area contributed by atoms with E-state index in [0.717, 1.165) is 44.1 Å². The summed E-state index contributed by atoms with van der Waals surface area (Å²) in [6.07, 6.45) is 5.69. The van der Waals surface area contributed by atoms with E-state index < -0.39 is 0 Å². The van der Waals surface area contributed by atoms with Crippen LogP contribution in [-0.4, -0.2) is 35.8 Å². The lowest BCUT2D eigenvalue weighted by atomic mass is 9.69. The molecule has 2 fully saturated rings. The fourth-order valence-electron chi connectivity index (χ4n) is 3.33. The predicted octanol–water partition coefficient (Wildman–Crippen LogP) is 2.73. The minimum absolute atomic E-state index is 0. The zero-order valence-corrected chi connectivity index (χ0v) is 15.8. The van der Waals surface area contributed by atoms with E-state index in [1.807, 2.05) is 13.0 Å². The molecule has 1 heterocycles. The maximum Gasteiger partial charge on any atom is 0.222 e. The van der Waals surface area contributed by atoms with Gasteiger partial charge in [0.25, 0.3) is 0 Å². The number of nitrogens with two attached hydrogens (primary N) is 2. The molecule has 1 aromatic heterocycles. The maximum absolute atomic E-state index is 5.87. The largest absolute Gasteiger partial charge is 0.381 e. The van der Waals surface area contributed by atoms with Gasteiger partial charge in [0.15, 0.2) is 0 Å². The van der Waals surface area contributed by atoms with Gasteiger partial charge in [-0.05, 0) is 32.6 Å². The number of nitrogen functional groups attached to an aromatic ring is 1. The highest BCUT2D eigenvalue weighted by Gasteiger charge is 2.37. The van der Waals surface area contributed by atoms with Crippen molar-refractivity contribution in [2.45, 2.75) is 51.0 Å². The van der Waals surface area contributed by atoms with Crippen LogP contribution in [0.2, 0.25) is 0 Å². The zero-order valence-electron chi connectivity index (χ0n) is 14.2. The van der Waals surface area contributed by atoms with Crippen LogP contribution in [0, 0.1) is 5.41 Å². The topological polar surface area (TPSA) is 99.1 Å². The van der Waals surface area contributed by atoms with Crippen molar-refractivity contribution in [3.63, 3.8) is 0 Å². The standard InChI is InChI=1S/C16H27N5O.2ClH/c1-2-22-10-16(4-3-5-16)9-19-14-8-13(20-15(18)21-14)11-6-12(17)7-11;;/h8,11-12H,2-7,9-10,17H2,1H3,(H3,18,19,20,21);2*1H. The number of nitrogens with zero attached hydrogens (tertiary/aromatic N) is 2. The first-order valence-electron chi connectivity index (χ1n) is 8.32. The molecule has 3 rings (SSSR count). The quantitative estimate of drug-likeness (QED) is 0.675. The van der Waals surface area contributed by atoms with Crippen LogP contribution in [0.3, 0.4) is 0 Å². The number of hydrogen-bond donors (Lipinski definition) is 3. The van der Waals surface area contributed by atoms with E-state index in [4.69, 9.17) is 16.2 Å². The number of aromatic nitrogens is 2. The molecule has 0 amide bonds. The molecular formula is C16H29Cl2N5O. The van der Waals surface area contributed by atoms with Crippen molar-refractivity contribution in [1.29, 1.82) is 0 Å². The summed E-state index contributed by atoms with van der Waals surface area (Å²) >= 11 is 0. The lowest BCUT2D eigenvalue weighted by Crippen LogP contribution is -2.41. The molecule has 0 atom stereocenters. The molecule has 2 saturated carbocycles.